The highest BCUT2D eigenvalue weighted by Gasteiger charge is 2.20. The lowest BCUT2D eigenvalue weighted by atomic mass is 10.0. The fourth-order valence-electron chi connectivity index (χ4n) is 8.91. The molecule has 0 rings (SSSR count). The summed E-state index contributed by atoms with van der Waals surface area (Å²) in [4.78, 5) is 24.5. The van der Waals surface area contributed by atoms with Crippen molar-refractivity contribution in [3.63, 3.8) is 0 Å². The van der Waals surface area contributed by atoms with Crippen LogP contribution in [-0.4, -0.2) is 47.4 Å². The Morgan fingerprint density at radius 3 is 1.23 bits per heavy atom. The number of amides is 1. The van der Waals surface area contributed by atoms with Crippen molar-refractivity contribution in [2.24, 2.45) is 0 Å². The first-order valence-electron chi connectivity index (χ1n) is 29.2. The predicted molar refractivity (Wildman–Crippen MR) is 287 cm³/mol. The molecule has 3 N–H and O–H groups in total. The molecule has 0 bridgehead atoms. The van der Waals surface area contributed by atoms with Gasteiger partial charge in [0.25, 0.3) is 0 Å². The van der Waals surface area contributed by atoms with Gasteiger partial charge in [0.1, 0.15) is 0 Å². The number of hydrogen-bond acceptors (Lipinski definition) is 5. The molecule has 0 aliphatic heterocycles. The normalized spacial score (nSPS) is 12.8. The second-order valence-electron chi connectivity index (χ2n) is 20.0. The maximum Gasteiger partial charge on any atom is 0.305 e. The van der Waals surface area contributed by atoms with Crippen LogP contribution in [-0.2, 0) is 14.3 Å². The van der Waals surface area contributed by atoms with E-state index >= 15 is 0 Å². The Bertz CT molecular complexity index is 1070. The van der Waals surface area contributed by atoms with Gasteiger partial charge < -0.3 is 20.3 Å². The molecule has 0 saturated heterocycles. The van der Waals surface area contributed by atoms with Gasteiger partial charge in [-0.25, -0.2) is 0 Å². The molecule has 6 heteroatoms. The highest BCUT2D eigenvalue weighted by atomic mass is 16.5. The zero-order chi connectivity index (χ0) is 47.9. The minimum absolute atomic E-state index is 0.0490. The molecule has 0 radical (unpaired) electrons. The van der Waals surface area contributed by atoms with E-state index in [9.17, 15) is 19.8 Å². The van der Waals surface area contributed by atoms with E-state index in [1.54, 1.807) is 0 Å². The van der Waals surface area contributed by atoms with Crippen LogP contribution in [0.3, 0.4) is 0 Å². The second-order valence-corrected chi connectivity index (χ2v) is 20.0. The molecular formula is C60H113NO5. The first-order valence-corrected chi connectivity index (χ1v) is 29.2. The van der Waals surface area contributed by atoms with Crippen LogP contribution in [0.5, 0.6) is 0 Å². The number of carbonyl (C=O) groups excluding carboxylic acids is 2. The van der Waals surface area contributed by atoms with Crippen LogP contribution in [0.4, 0.5) is 0 Å². The van der Waals surface area contributed by atoms with Crippen molar-refractivity contribution < 1.29 is 24.5 Å². The monoisotopic (exact) mass is 928 g/mol. The molecule has 2 unspecified atom stereocenters. The van der Waals surface area contributed by atoms with Gasteiger partial charge in [0.15, 0.2) is 0 Å². The number of aliphatic hydroxyl groups excluding tert-OH is 2. The van der Waals surface area contributed by atoms with Crippen molar-refractivity contribution in [1.29, 1.82) is 0 Å². The van der Waals surface area contributed by atoms with Gasteiger partial charge in [0.2, 0.25) is 5.91 Å². The number of esters is 1. The largest absolute Gasteiger partial charge is 0.466 e. The summed E-state index contributed by atoms with van der Waals surface area (Å²) in [5.41, 5.74) is 0. The molecule has 2 atom stereocenters. The van der Waals surface area contributed by atoms with Crippen LogP contribution in [0.15, 0.2) is 36.5 Å². The number of rotatable bonds is 54. The van der Waals surface area contributed by atoms with E-state index in [0.717, 1.165) is 83.5 Å². The molecule has 6 nitrogen and oxygen atoms in total. The average molecular weight is 929 g/mol. The minimum atomic E-state index is -0.698. The summed E-state index contributed by atoms with van der Waals surface area (Å²) in [6.45, 7) is 4.84. The summed E-state index contributed by atoms with van der Waals surface area (Å²) in [6, 6.07) is -0.582. The Morgan fingerprint density at radius 2 is 0.773 bits per heavy atom. The van der Waals surface area contributed by atoms with Gasteiger partial charge in [-0.2, -0.15) is 0 Å². The van der Waals surface area contributed by atoms with E-state index in [1.165, 1.54) is 193 Å². The second kappa shape index (κ2) is 55.7. The van der Waals surface area contributed by atoms with Gasteiger partial charge in [-0.05, 0) is 77.0 Å². The third-order valence-corrected chi connectivity index (χ3v) is 13.4. The van der Waals surface area contributed by atoms with E-state index in [1.807, 2.05) is 0 Å². The number of ether oxygens (including phenoxy) is 1. The molecule has 0 heterocycles. The SMILES string of the molecule is CCCCC/C=C\C/C=C\CCCCCCCC(=O)OCCCCCC/C=C\CCCC(=O)NC(CO)C(O)CCCCCCCCCCCCCCCCCCCCCCCCCCC. The van der Waals surface area contributed by atoms with Crippen molar-refractivity contribution in [3.8, 4) is 0 Å². The fourth-order valence-corrected chi connectivity index (χ4v) is 8.91. The zero-order valence-electron chi connectivity index (χ0n) is 44.2. The Kier molecular flexibility index (Phi) is 54.1. The van der Waals surface area contributed by atoms with Crippen LogP contribution in [0.2, 0.25) is 0 Å². The average Bonchev–Trinajstić information content (AvgIpc) is 3.32. The maximum absolute atomic E-state index is 12.5. The molecule has 0 fully saturated rings. The number of unbranched alkanes of at least 4 members (excludes halogenated alkanes) is 37. The first-order chi connectivity index (χ1) is 32.5. The van der Waals surface area contributed by atoms with E-state index in [-0.39, 0.29) is 18.5 Å². The molecule has 1 amide bonds. The standard InChI is InChI=1S/C60H113NO5/c1-3-5-7-9-11-13-15-17-19-20-21-22-23-24-25-26-27-28-30-31-33-36-40-44-48-52-58(63)57(56-62)61-59(64)53-49-45-41-37-35-39-43-47-51-55-66-60(65)54-50-46-42-38-34-32-29-18-16-14-12-10-8-6-4-2/h12,14,18,29,37,41,57-58,62-63H,3-11,13,15-17,19-28,30-36,38-40,42-56H2,1-2H3,(H,61,64)/b14-12-,29-18-,41-37-. The number of nitrogens with one attached hydrogen (secondary N) is 1. The lowest BCUT2D eigenvalue weighted by Crippen LogP contribution is -2.45. The molecule has 388 valence electrons. The van der Waals surface area contributed by atoms with E-state index in [4.69, 9.17) is 4.74 Å². The Balaban J connectivity index is 3.52. The summed E-state index contributed by atoms with van der Waals surface area (Å²) in [7, 11) is 0. The number of aliphatic hydroxyl groups is 2. The molecule has 0 spiro atoms. The van der Waals surface area contributed by atoms with Gasteiger partial charge in [-0.15, -0.1) is 0 Å². The smallest absolute Gasteiger partial charge is 0.305 e. The zero-order valence-corrected chi connectivity index (χ0v) is 44.2. The lowest BCUT2D eigenvalue weighted by molar-refractivity contribution is -0.143. The summed E-state index contributed by atoms with van der Waals surface area (Å²) in [5.74, 6) is -0.143. The number of carbonyl (C=O) groups is 2. The Morgan fingerprint density at radius 1 is 0.424 bits per heavy atom. The molecule has 0 aromatic heterocycles. The van der Waals surface area contributed by atoms with Crippen molar-refractivity contribution in [2.75, 3.05) is 13.2 Å². The molecule has 0 aliphatic rings. The van der Waals surface area contributed by atoms with Gasteiger partial charge >= 0.3 is 5.97 Å². The van der Waals surface area contributed by atoms with Gasteiger partial charge in [0, 0.05) is 12.8 Å². The summed E-state index contributed by atoms with van der Waals surface area (Å²) in [6.07, 6.45) is 68.6. The predicted octanol–water partition coefficient (Wildman–Crippen LogP) is 18.0. The molecule has 66 heavy (non-hydrogen) atoms. The third kappa shape index (κ3) is 51.5. The Labute approximate surface area is 411 Å². The van der Waals surface area contributed by atoms with Crippen LogP contribution in [0.25, 0.3) is 0 Å². The molecular weight excluding hydrogens is 815 g/mol. The van der Waals surface area contributed by atoms with Crippen LogP contribution in [0.1, 0.15) is 309 Å². The number of allylic oxidation sites excluding steroid dienone is 6. The summed E-state index contributed by atoms with van der Waals surface area (Å²) < 4.78 is 5.44. The first kappa shape index (κ1) is 64.1. The minimum Gasteiger partial charge on any atom is -0.466 e. The molecule has 0 saturated carbocycles. The molecule has 0 aromatic rings. The van der Waals surface area contributed by atoms with Crippen molar-refractivity contribution in [3.05, 3.63) is 36.5 Å². The summed E-state index contributed by atoms with van der Waals surface area (Å²) >= 11 is 0. The van der Waals surface area contributed by atoms with Gasteiger partial charge in [-0.1, -0.05) is 256 Å². The molecule has 0 aromatic carbocycles. The van der Waals surface area contributed by atoms with Gasteiger partial charge in [-0.3, -0.25) is 9.59 Å². The maximum atomic E-state index is 12.5. The van der Waals surface area contributed by atoms with Crippen LogP contribution >= 0.6 is 0 Å². The van der Waals surface area contributed by atoms with E-state index in [2.05, 4.69) is 55.6 Å². The van der Waals surface area contributed by atoms with Crippen LogP contribution in [0, 0.1) is 0 Å². The highest BCUT2D eigenvalue weighted by molar-refractivity contribution is 5.76. The van der Waals surface area contributed by atoms with E-state index < -0.39 is 12.1 Å². The van der Waals surface area contributed by atoms with Crippen molar-refractivity contribution >= 4 is 11.9 Å². The van der Waals surface area contributed by atoms with Crippen molar-refractivity contribution in [2.45, 2.75) is 321 Å². The highest BCUT2D eigenvalue weighted by Crippen LogP contribution is 2.17. The summed E-state index contributed by atoms with van der Waals surface area (Å²) in [5, 5.41) is 23.3. The lowest BCUT2D eigenvalue weighted by Gasteiger charge is -2.22. The van der Waals surface area contributed by atoms with Crippen LogP contribution < -0.4 is 5.32 Å². The number of hydrogen-bond donors (Lipinski definition) is 3. The fraction of sp³-hybridized carbons (Fsp3) is 0.867. The van der Waals surface area contributed by atoms with Gasteiger partial charge in [0.05, 0.1) is 25.4 Å². The molecule has 0 aliphatic carbocycles. The third-order valence-electron chi connectivity index (χ3n) is 13.4. The van der Waals surface area contributed by atoms with Crippen molar-refractivity contribution in [1.82, 2.24) is 5.32 Å². The topological polar surface area (TPSA) is 95.9 Å². The quantitative estimate of drug-likeness (QED) is 0.0321. The Hall–Kier alpha value is -1.92. The van der Waals surface area contributed by atoms with E-state index in [0.29, 0.717) is 25.9 Å².